The van der Waals surface area contributed by atoms with Gasteiger partial charge in [0.2, 0.25) is 5.89 Å². The Hall–Kier alpha value is -1.62. The van der Waals surface area contributed by atoms with Gasteiger partial charge in [-0.2, -0.15) is 4.98 Å². The number of aryl methyl sites for hydroxylation is 1. The predicted octanol–water partition coefficient (Wildman–Crippen LogP) is 1.98. The maximum absolute atomic E-state index is 5.09. The molecule has 2 aromatic rings. The highest BCUT2D eigenvalue weighted by Gasteiger charge is 2.05. The minimum Gasteiger partial charge on any atom is -0.346 e. The minimum absolute atomic E-state index is 0.664. The molecule has 0 radical (unpaired) electrons. The van der Waals surface area contributed by atoms with Crippen molar-refractivity contribution in [3.8, 4) is 0 Å². The Labute approximate surface area is 107 Å². The molecular weight excluding hydrogens is 228 g/mol. The molecular formula is C13H20N4O. The lowest BCUT2D eigenvalue weighted by Gasteiger charge is -2.00. The number of aromatic nitrogens is 3. The van der Waals surface area contributed by atoms with Crippen molar-refractivity contribution in [3.63, 3.8) is 0 Å². The first kappa shape index (κ1) is 12.8. The molecule has 0 amide bonds. The lowest BCUT2D eigenvalue weighted by molar-refractivity contribution is 0.375. The molecule has 0 aliphatic heterocycles. The summed E-state index contributed by atoms with van der Waals surface area (Å²) in [5, 5.41) is 7.32. The van der Waals surface area contributed by atoms with Crippen LogP contribution in [0.15, 0.2) is 23.0 Å². The fourth-order valence-electron chi connectivity index (χ4n) is 1.76. The summed E-state index contributed by atoms with van der Waals surface area (Å²) in [7, 11) is 0. The van der Waals surface area contributed by atoms with Gasteiger partial charge in [-0.1, -0.05) is 19.0 Å². The van der Waals surface area contributed by atoms with Crippen LogP contribution in [0.4, 0.5) is 0 Å². The Morgan fingerprint density at radius 3 is 3.00 bits per heavy atom. The molecule has 2 aromatic heterocycles. The van der Waals surface area contributed by atoms with E-state index >= 15 is 0 Å². The largest absolute Gasteiger partial charge is 0.346 e. The summed E-state index contributed by atoms with van der Waals surface area (Å²) < 4.78 is 7.16. The molecule has 18 heavy (non-hydrogen) atoms. The number of nitrogens with zero attached hydrogens (tertiary/aromatic N) is 3. The van der Waals surface area contributed by atoms with Crippen molar-refractivity contribution in [2.24, 2.45) is 0 Å². The van der Waals surface area contributed by atoms with Crippen LogP contribution in [0, 0.1) is 0 Å². The lowest BCUT2D eigenvalue weighted by atomic mass is 10.3. The highest BCUT2D eigenvalue weighted by molar-refractivity contribution is 5.10. The number of hydrogen-bond acceptors (Lipinski definition) is 4. The molecule has 98 valence electrons. The van der Waals surface area contributed by atoms with E-state index in [1.165, 1.54) is 5.56 Å². The molecule has 0 aromatic carbocycles. The summed E-state index contributed by atoms with van der Waals surface area (Å²) in [6, 6.07) is 2.11. The molecule has 5 heteroatoms. The molecule has 1 N–H and O–H groups in total. The van der Waals surface area contributed by atoms with Gasteiger partial charge in [0.15, 0.2) is 5.82 Å². The topological polar surface area (TPSA) is 55.9 Å². The number of rotatable bonds is 7. The standard InChI is InChI=1S/C13H20N4O/c1-3-6-14-8-11-5-7-17(9-11)10-12-15-13(4-2)18-16-12/h5,7,9,14H,3-4,6,8,10H2,1-2H3. The average Bonchev–Trinajstić information content (AvgIpc) is 3.00. The zero-order valence-electron chi connectivity index (χ0n) is 11.0. The molecule has 2 rings (SSSR count). The van der Waals surface area contributed by atoms with E-state index in [2.05, 4.69) is 39.2 Å². The second kappa shape index (κ2) is 6.35. The van der Waals surface area contributed by atoms with E-state index in [-0.39, 0.29) is 0 Å². The monoisotopic (exact) mass is 248 g/mol. The van der Waals surface area contributed by atoms with Gasteiger partial charge >= 0.3 is 0 Å². The predicted molar refractivity (Wildman–Crippen MR) is 69.2 cm³/mol. The fourth-order valence-corrected chi connectivity index (χ4v) is 1.76. The average molecular weight is 248 g/mol. The SMILES string of the molecule is CCCNCc1ccn(Cc2noc(CC)n2)c1. The highest BCUT2D eigenvalue weighted by atomic mass is 16.5. The smallest absolute Gasteiger partial charge is 0.226 e. The Balaban J connectivity index is 1.89. The molecule has 0 spiro atoms. The zero-order chi connectivity index (χ0) is 12.8. The third-order valence-electron chi connectivity index (χ3n) is 2.70. The molecule has 0 saturated heterocycles. The normalized spacial score (nSPS) is 11.0. The molecule has 0 aliphatic rings. The fraction of sp³-hybridized carbons (Fsp3) is 0.538. The van der Waals surface area contributed by atoms with Crippen molar-refractivity contribution in [1.29, 1.82) is 0 Å². The Morgan fingerprint density at radius 2 is 2.28 bits per heavy atom. The second-order valence-electron chi connectivity index (χ2n) is 4.33. The van der Waals surface area contributed by atoms with E-state index in [1.54, 1.807) is 0 Å². The van der Waals surface area contributed by atoms with E-state index in [4.69, 9.17) is 4.52 Å². The number of nitrogens with one attached hydrogen (secondary N) is 1. The number of hydrogen-bond donors (Lipinski definition) is 1. The van der Waals surface area contributed by atoms with Crippen LogP contribution in [-0.4, -0.2) is 21.3 Å². The Morgan fingerprint density at radius 1 is 1.39 bits per heavy atom. The molecule has 5 nitrogen and oxygen atoms in total. The van der Waals surface area contributed by atoms with E-state index < -0.39 is 0 Å². The minimum atomic E-state index is 0.664. The van der Waals surface area contributed by atoms with E-state index in [0.717, 1.165) is 31.8 Å². The Bertz CT molecular complexity index is 475. The zero-order valence-corrected chi connectivity index (χ0v) is 11.0. The van der Waals surface area contributed by atoms with E-state index in [1.807, 2.05) is 13.1 Å². The Kier molecular flexibility index (Phi) is 4.52. The van der Waals surface area contributed by atoms with Gasteiger partial charge in [-0.05, 0) is 24.6 Å². The van der Waals surface area contributed by atoms with Crippen LogP contribution in [-0.2, 0) is 19.5 Å². The van der Waals surface area contributed by atoms with Gasteiger partial charge in [0.25, 0.3) is 0 Å². The van der Waals surface area contributed by atoms with Crippen LogP contribution < -0.4 is 5.32 Å². The van der Waals surface area contributed by atoms with Crippen molar-refractivity contribution in [3.05, 3.63) is 35.7 Å². The van der Waals surface area contributed by atoms with E-state index in [9.17, 15) is 0 Å². The van der Waals surface area contributed by atoms with Gasteiger partial charge in [-0.3, -0.25) is 0 Å². The van der Waals surface area contributed by atoms with Crippen molar-refractivity contribution in [2.75, 3.05) is 6.54 Å². The maximum Gasteiger partial charge on any atom is 0.226 e. The van der Waals surface area contributed by atoms with Crippen LogP contribution in [0.2, 0.25) is 0 Å². The van der Waals surface area contributed by atoms with Crippen LogP contribution in [0.25, 0.3) is 0 Å². The first-order valence-corrected chi connectivity index (χ1v) is 6.48. The van der Waals surface area contributed by atoms with Crippen molar-refractivity contribution >= 4 is 0 Å². The van der Waals surface area contributed by atoms with Crippen LogP contribution in [0.3, 0.4) is 0 Å². The second-order valence-corrected chi connectivity index (χ2v) is 4.33. The van der Waals surface area contributed by atoms with Crippen molar-refractivity contribution in [1.82, 2.24) is 20.0 Å². The van der Waals surface area contributed by atoms with Gasteiger partial charge < -0.3 is 14.4 Å². The highest BCUT2D eigenvalue weighted by Crippen LogP contribution is 2.05. The molecule has 0 atom stereocenters. The molecule has 0 fully saturated rings. The summed E-state index contributed by atoms with van der Waals surface area (Å²) in [4.78, 5) is 4.29. The van der Waals surface area contributed by atoms with Crippen LogP contribution in [0.1, 0.15) is 37.5 Å². The van der Waals surface area contributed by atoms with Gasteiger partial charge in [0, 0.05) is 25.4 Å². The van der Waals surface area contributed by atoms with Gasteiger partial charge in [0.1, 0.15) is 0 Å². The quantitative estimate of drug-likeness (QED) is 0.761. The molecule has 0 aliphatic carbocycles. The summed E-state index contributed by atoms with van der Waals surface area (Å²) >= 11 is 0. The third-order valence-corrected chi connectivity index (χ3v) is 2.70. The van der Waals surface area contributed by atoms with Gasteiger partial charge in [-0.25, -0.2) is 0 Å². The van der Waals surface area contributed by atoms with Crippen molar-refractivity contribution < 1.29 is 4.52 Å². The summed E-state index contributed by atoms with van der Waals surface area (Å²) in [6.07, 6.45) is 6.10. The maximum atomic E-state index is 5.09. The van der Waals surface area contributed by atoms with Crippen LogP contribution in [0.5, 0.6) is 0 Å². The molecule has 2 heterocycles. The van der Waals surface area contributed by atoms with Gasteiger partial charge in [-0.15, -0.1) is 0 Å². The van der Waals surface area contributed by atoms with Crippen LogP contribution >= 0.6 is 0 Å². The molecule has 0 unspecified atom stereocenters. The lowest BCUT2D eigenvalue weighted by Crippen LogP contribution is -2.13. The van der Waals surface area contributed by atoms with Crippen molar-refractivity contribution in [2.45, 2.75) is 39.8 Å². The summed E-state index contributed by atoms with van der Waals surface area (Å²) in [6.45, 7) is 6.80. The molecule has 0 bridgehead atoms. The first-order chi connectivity index (χ1) is 8.81. The first-order valence-electron chi connectivity index (χ1n) is 6.48. The third kappa shape index (κ3) is 3.43. The molecule has 0 saturated carbocycles. The van der Waals surface area contributed by atoms with Gasteiger partial charge in [0.05, 0.1) is 6.54 Å². The van der Waals surface area contributed by atoms with E-state index in [0.29, 0.717) is 12.4 Å². The summed E-state index contributed by atoms with van der Waals surface area (Å²) in [5.41, 5.74) is 1.28. The summed E-state index contributed by atoms with van der Waals surface area (Å²) in [5.74, 6) is 1.43.